The molecule has 11 heteroatoms. The maximum Gasteiger partial charge on any atom is 0.514 e. The Bertz CT molecular complexity index is 1050. The molecule has 0 spiro atoms. The van der Waals surface area contributed by atoms with E-state index < -0.39 is 47.1 Å². The highest BCUT2D eigenvalue weighted by molar-refractivity contribution is 5.79. The van der Waals surface area contributed by atoms with Crippen LogP contribution in [0.1, 0.15) is 93.6 Å². The molecule has 0 bridgehead atoms. The molecule has 0 radical (unpaired) electrons. The zero-order valence-electron chi connectivity index (χ0n) is 25.1. The third kappa shape index (κ3) is 11.8. The quantitative estimate of drug-likeness (QED) is 0.159. The Balaban J connectivity index is 3.28. The van der Waals surface area contributed by atoms with Crippen molar-refractivity contribution in [2.45, 2.75) is 117 Å². The molecule has 0 amide bonds. The molecule has 0 aliphatic heterocycles. The fourth-order valence-corrected chi connectivity index (χ4v) is 3.40. The van der Waals surface area contributed by atoms with Crippen LogP contribution in [0.4, 0.5) is 9.59 Å². The smallest absolute Gasteiger partial charge is 0.480 e. The summed E-state index contributed by atoms with van der Waals surface area (Å²) >= 11 is 0. The average Bonchev–Trinajstić information content (AvgIpc) is 2.79. The molecule has 0 saturated carbocycles. The molecule has 1 unspecified atom stereocenters. The van der Waals surface area contributed by atoms with Gasteiger partial charge < -0.3 is 34.5 Å². The van der Waals surface area contributed by atoms with Gasteiger partial charge in [0, 0.05) is 19.3 Å². The van der Waals surface area contributed by atoms with Gasteiger partial charge in [0.2, 0.25) is 0 Å². The van der Waals surface area contributed by atoms with Crippen LogP contribution in [0.5, 0.6) is 11.5 Å². The SMILES string of the molecule is CCC(C)(C)OC(=O)Oc1ccc(CC(N)(C[C@H](C)OC(=O)CC(C)C)C(=O)O)cc1OC(=O)OC(C)(C)CC. The van der Waals surface area contributed by atoms with Gasteiger partial charge in [-0.05, 0) is 71.1 Å². The van der Waals surface area contributed by atoms with Crippen LogP contribution in [0.2, 0.25) is 0 Å². The van der Waals surface area contributed by atoms with Crippen molar-refractivity contribution in [2.75, 3.05) is 0 Å². The highest BCUT2D eigenvalue weighted by Gasteiger charge is 2.37. The number of hydrogen-bond donors (Lipinski definition) is 2. The molecule has 0 aliphatic rings. The van der Waals surface area contributed by atoms with E-state index in [-0.39, 0.29) is 36.7 Å². The van der Waals surface area contributed by atoms with Crippen molar-refractivity contribution in [1.29, 1.82) is 0 Å². The third-order valence-electron chi connectivity index (χ3n) is 6.32. The molecule has 1 aromatic rings. The summed E-state index contributed by atoms with van der Waals surface area (Å²) in [5.41, 5.74) is 3.20. The topological polar surface area (TPSA) is 161 Å². The molecule has 0 aliphatic carbocycles. The second-order valence-electron chi connectivity index (χ2n) is 11.7. The number of nitrogens with two attached hydrogens (primary N) is 1. The van der Waals surface area contributed by atoms with Gasteiger partial charge in [0.15, 0.2) is 11.5 Å². The van der Waals surface area contributed by atoms with Crippen LogP contribution in [0.25, 0.3) is 0 Å². The van der Waals surface area contributed by atoms with Gasteiger partial charge in [0.25, 0.3) is 0 Å². The van der Waals surface area contributed by atoms with Crippen molar-refractivity contribution in [2.24, 2.45) is 11.7 Å². The van der Waals surface area contributed by atoms with Crippen molar-refractivity contribution in [3.63, 3.8) is 0 Å². The molecule has 40 heavy (non-hydrogen) atoms. The summed E-state index contributed by atoms with van der Waals surface area (Å²) in [5.74, 6) is -2.00. The predicted octanol–water partition coefficient (Wildman–Crippen LogP) is 5.79. The van der Waals surface area contributed by atoms with Gasteiger partial charge in [-0.3, -0.25) is 9.59 Å². The van der Waals surface area contributed by atoms with E-state index in [1.54, 1.807) is 34.6 Å². The Kier molecular flexibility index (Phi) is 12.4. The zero-order valence-corrected chi connectivity index (χ0v) is 25.1. The molecule has 0 heterocycles. The summed E-state index contributed by atoms with van der Waals surface area (Å²) in [6.45, 7) is 15.8. The minimum absolute atomic E-state index is 0.0841. The molecule has 226 valence electrons. The highest BCUT2D eigenvalue weighted by atomic mass is 16.8. The number of ether oxygens (including phenoxy) is 5. The first-order chi connectivity index (χ1) is 18.3. The fraction of sp³-hybridized carbons (Fsp3) is 0.655. The Morgan fingerprint density at radius 3 is 1.82 bits per heavy atom. The van der Waals surface area contributed by atoms with Crippen molar-refractivity contribution >= 4 is 24.2 Å². The summed E-state index contributed by atoms with van der Waals surface area (Å²) in [6, 6.07) is 4.17. The predicted molar refractivity (Wildman–Crippen MR) is 147 cm³/mol. The molecule has 1 aromatic carbocycles. The number of carbonyl (C=O) groups is 4. The number of hydrogen-bond acceptors (Lipinski definition) is 10. The summed E-state index contributed by atoms with van der Waals surface area (Å²) in [4.78, 5) is 49.2. The van der Waals surface area contributed by atoms with E-state index in [2.05, 4.69) is 0 Å². The monoisotopic (exact) mass is 567 g/mol. The lowest BCUT2D eigenvalue weighted by molar-refractivity contribution is -0.154. The maximum atomic E-state index is 12.5. The number of carbonyl (C=O) groups excluding carboxylic acids is 3. The Hall–Kier alpha value is -3.34. The summed E-state index contributed by atoms with van der Waals surface area (Å²) in [6.07, 6.45) is -1.98. The first-order valence-electron chi connectivity index (χ1n) is 13.5. The number of rotatable bonds is 14. The molecular weight excluding hydrogens is 522 g/mol. The minimum Gasteiger partial charge on any atom is -0.480 e. The van der Waals surface area contributed by atoms with Gasteiger partial charge in [-0.1, -0.05) is 33.8 Å². The van der Waals surface area contributed by atoms with Crippen LogP contribution < -0.4 is 15.2 Å². The van der Waals surface area contributed by atoms with Crippen LogP contribution in [0.3, 0.4) is 0 Å². The maximum absolute atomic E-state index is 12.5. The van der Waals surface area contributed by atoms with Gasteiger partial charge in [-0.2, -0.15) is 0 Å². The van der Waals surface area contributed by atoms with Gasteiger partial charge >= 0.3 is 24.2 Å². The first-order valence-corrected chi connectivity index (χ1v) is 13.5. The van der Waals surface area contributed by atoms with Crippen LogP contribution in [-0.2, 0) is 30.2 Å². The van der Waals surface area contributed by atoms with E-state index in [9.17, 15) is 24.3 Å². The van der Waals surface area contributed by atoms with Gasteiger partial charge in [-0.25, -0.2) is 9.59 Å². The molecule has 0 aromatic heterocycles. The van der Waals surface area contributed by atoms with E-state index in [0.29, 0.717) is 18.4 Å². The largest absolute Gasteiger partial charge is 0.514 e. The highest BCUT2D eigenvalue weighted by Crippen LogP contribution is 2.32. The summed E-state index contributed by atoms with van der Waals surface area (Å²) in [7, 11) is 0. The lowest BCUT2D eigenvalue weighted by Gasteiger charge is -2.28. The van der Waals surface area contributed by atoms with Crippen molar-refractivity contribution < 1.29 is 48.0 Å². The standard InChI is InChI=1S/C29H45NO10/c1-10-27(6,7)39-25(34)37-21-13-12-20(15-22(21)38-26(35)40-28(8,9)11-2)17-29(30,24(32)33)16-19(5)36-23(31)14-18(3)4/h12-13,15,18-19H,10-11,14,16-17,30H2,1-9H3,(H,32,33)/t19-,29?/m0/s1. The van der Waals surface area contributed by atoms with Crippen molar-refractivity contribution in [3.8, 4) is 11.5 Å². The normalized spacial score (nSPS) is 14.1. The Labute approximate surface area is 236 Å². The van der Waals surface area contributed by atoms with Crippen LogP contribution in [0, 0.1) is 5.92 Å². The minimum atomic E-state index is -1.83. The molecule has 3 N–H and O–H groups in total. The van der Waals surface area contributed by atoms with Crippen LogP contribution >= 0.6 is 0 Å². The number of carboxylic acid groups (broad SMARTS) is 1. The molecule has 1 rings (SSSR count). The molecule has 2 atom stereocenters. The van der Waals surface area contributed by atoms with Gasteiger partial charge in [0.1, 0.15) is 22.8 Å². The average molecular weight is 568 g/mol. The third-order valence-corrected chi connectivity index (χ3v) is 6.32. The lowest BCUT2D eigenvalue weighted by Crippen LogP contribution is -2.52. The Morgan fingerprint density at radius 1 is 0.875 bits per heavy atom. The van der Waals surface area contributed by atoms with Crippen LogP contribution in [-0.4, -0.2) is 52.2 Å². The van der Waals surface area contributed by atoms with Gasteiger partial charge in [0.05, 0.1) is 0 Å². The van der Waals surface area contributed by atoms with E-state index in [1.165, 1.54) is 18.2 Å². The Morgan fingerprint density at radius 2 is 1.38 bits per heavy atom. The molecule has 0 saturated heterocycles. The van der Waals surface area contributed by atoms with Crippen LogP contribution in [0.15, 0.2) is 18.2 Å². The molecule has 0 fully saturated rings. The van der Waals surface area contributed by atoms with Crippen molar-refractivity contribution in [3.05, 3.63) is 23.8 Å². The van der Waals surface area contributed by atoms with E-state index >= 15 is 0 Å². The first kappa shape index (κ1) is 34.7. The van der Waals surface area contributed by atoms with E-state index in [4.69, 9.17) is 29.4 Å². The molecule has 11 nitrogen and oxygen atoms in total. The zero-order chi connectivity index (χ0) is 30.9. The summed E-state index contributed by atoms with van der Waals surface area (Å²) < 4.78 is 26.7. The summed E-state index contributed by atoms with van der Waals surface area (Å²) in [5, 5.41) is 9.94. The van der Waals surface area contributed by atoms with E-state index in [0.717, 1.165) is 0 Å². The van der Waals surface area contributed by atoms with Gasteiger partial charge in [-0.15, -0.1) is 0 Å². The second kappa shape index (κ2) is 14.3. The number of carboxylic acids is 1. The van der Waals surface area contributed by atoms with E-state index in [1.807, 2.05) is 27.7 Å². The second-order valence-corrected chi connectivity index (χ2v) is 11.7. The molecular formula is C29H45NO10. The lowest BCUT2D eigenvalue weighted by atomic mass is 9.86. The fourth-order valence-electron chi connectivity index (χ4n) is 3.40. The number of benzene rings is 1. The van der Waals surface area contributed by atoms with Crippen molar-refractivity contribution in [1.82, 2.24) is 0 Å². The number of aliphatic carboxylic acids is 1. The number of esters is 1.